The molecule has 3 rings (SSSR count). The van der Waals surface area contributed by atoms with Crippen molar-refractivity contribution in [2.24, 2.45) is 23.7 Å². The van der Waals surface area contributed by atoms with E-state index in [1.165, 1.54) is 38.5 Å². The molecule has 1 saturated heterocycles. The minimum absolute atomic E-state index is 0.346. The first kappa shape index (κ1) is 19.0. The van der Waals surface area contributed by atoms with Crippen molar-refractivity contribution in [1.29, 1.82) is 0 Å². The Morgan fingerprint density at radius 1 is 0.739 bits per heavy atom. The van der Waals surface area contributed by atoms with E-state index in [1.807, 2.05) is 0 Å². The average molecular weight is 324 g/mol. The zero-order valence-corrected chi connectivity index (χ0v) is 14.7. The zero-order valence-electron chi connectivity index (χ0n) is 14.7. The Kier molecular flexibility index (Phi) is 8.08. The normalized spacial score (nSPS) is 41.6. The molecule has 2 saturated carbocycles. The predicted molar refractivity (Wildman–Crippen MR) is 86.7 cm³/mol. The zero-order chi connectivity index (χ0) is 16.7. The molecule has 0 N–H and O–H groups in total. The summed E-state index contributed by atoms with van der Waals surface area (Å²) in [5.41, 5.74) is 0. The summed E-state index contributed by atoms with van der Waals surface area (Å²) in [4.78, 5) is 0. The second-order valence-electron chi connectivity index (χ2n) is 7.75. The molecule has 23 heavy (non-hydrogen) atoms. The molecule has 0 atom stereocenters. The van der Waals surface area contributed by atoms with Crippen LogP contribution in [0.4, 0.5) is 0 Å². The fraction of sp³-hybridized carbons (Fsp3) is 0.947. The third-order valence-corrected chi connectivity index (χ3v) is 5.89. The summed E-state index contributed by atoms with van der Waals surface area (Å²) < 4.78 is 25.2. The molecule has 4 nitrogen and oxygen atoms in total. The third-order valence-electron chi connectivity index (χ3n) is 5.89. The van der Waals surface area contributed by atoms with Gasteiger partial charge in [0.15, 0.2) is 0 Å². The summed E-state index contributed by atoms with van der Waals surface area (Å²) in [7, 11) is 0. The van der Waals surface area contributed by atoms with Gasteiger partial charge >= 0.3 is 11.3 Å². The summed E-state index contributed by atoms with van der Waals surface area (Å²) in [5.74, 6) is 3.16. The van der Waals surface area contributed by atoms with Gasteiger partial charge in [0.05, 0.1) is 19.3 Å². The molecule has 4 heteroatoms. The standard InChI is InChI=1S/C18H32O3.CO/c1-13-3-7-15(8-4-13)16-11-19-18(20-12-16)21-17-9-5-14(2)6-10-17;1-2/h13-18H,3-12H2,1-2H3;. The first-order valence-corrected chi connectivity index (χ1v) is 9.29. The molecular weight excluding hydrogens is 292 g/mol. The molecule has 0 amide bonds. The summed E-state index contributed by atoms with van der Waals surface area (Å²) in [5, 5.41) is 0. The summed E-state index contributed by atoms with van der Waals surface area (Å²) in [6.07, 6.45) is 10.7. The molecule has 2 aliphatic carbocycles. The Bertz CT molecular complexity index is 333. The molecule has 3 fully saturated rings. The molecular formula is C19H32O4. The Morgan fingerprint density at radius 3 is 1.74 bits per heavy atom. The Morgan fingerprint density at radius 2 is 1.22 bits per heavy atom. The predicted octanol–water partition coefficient (Wildman–Crippen LogP) is 4.32. The summed E-state index contributed by atoms with van der Waals surface area (Å²) >= 11 is 0. The van der Waals surface area contributed by atoms with Gasteiger partial charge in [-0.1, -0.05) is 26.7 Å². The average Bonchev–Trinajstić information content (AvgIpc) is 2.60. The first-order valence-electron chi connectivity index (χ1n) is 9.29. The van der Waals surface area contributed by atoms with Gasteiger partial charge in [0.1, 0.15) is 0 Å². The van der Waals surface area contributed by atoms with Crippen LogP contribution in [0.3, 0.4) is 0 Å². The number of hydrogen-bond donors (Lipinski definition) is 0. The van der Waals surface area contributed by atoms with E-state index < -0.39 is 6.48 Å². The molecule has 0 unspecified atom stereocenters. The molecule has 3 aliphatic rings. The van der Waals surface area contributed by atoms with Crippen molar-refractivity contribution in [1.82, 2.24) is 0 Å². The van der Waals surface area contributed by atoms with Gasteiger partial charge in [-0.05, 0) is 56.3 Å². The summed E-state index contributed by atoms with van der Waals surface area (Å²) in [6.45, 7) is 10.5. The molecule has 0 bridgehead atoms. The second-order valence-corrected chi connectivity index (χ2v) is 7.75. The topological polar surface area (TPSA) is 47.6 Å². The van der Waals surface area contributed by atoms with Crippen molar-refractivity contribution >= 4 is 0 Å². The second kappa shape index (κ2) is 9.80. The van der Waals surface area contributed by atoms with E-state index in [0.717, 1.165) is 43.8 Å². The molecule has 0 aromatic rings. The van der Waals surface area contributed by atoms with Crippen molar-refractivity contribution < 1.29 is 18.9 Å². The van der Waals surface area contributed by atoms with Gasteiger partial charge in [-0.15, -0.1) is 0 Å². The van der Waals surface area contributed by atoms with Crippen molar-refractivity contribution in [3.05, 3.63) is 6.65 Å². The maximum absolute atomic E-state index is 7.50. The van der Waals surface area contributed by atoms with Crippen LogP contribution in [0, 0.1) is 30.3 Å². The molecule has 0 aromatic heterocycles. The van der Waals surface area contributed by atoms with E-state index >= 15 is 0 Å². The van der Waals surface area contributed by atoms with E-state index in [1.54, 1.807) is 0 Å². The van der Waals surface area contributed by atoms with Crippen molar-refractivity contribution in [3.8, 4) is 0 Å². The SMILES string of the molecule is CC1CCC(OC2OCC(C3CCC(C)CC3)CO2)CC1.[C-]#[O+]. The van der Waals surface area contributed by atoms with Gasteiger partial charge in [0, 0.05) is 5.92 Å². The van der Waals surface area contributed by atoms with Crippen LogP contribution in [0.15, 0.2) is 0 Å². The van der Waals surface area contributed by atoms with Crippen LogP contribution in [0.1, 0.15) is 65.2 Å². The van der Waals surface area contributed by atoms with Gasteiger partial charge in [0.25, 0.3) is 6.48 Å². The van der Waals surface area contributed by atoms with Crippen LogP contribution >= 0.6 is 0 Å². The van der Waals surface area contributed by atoms with Crippen LogP contribution in [0.2, 0.25) is 0 Å². The maximum atomic E-state index is 7.50. The van der Waals surface area contributed by atoms with Crippen LogP contribution in [-0.2, 0) is 18.9 Å². The summed E-state index contributed by atoms with van der Waals surface area (Å²) in [6, 6.07) is 0. The quantitative estimate of drug-likeness (QED) is 0.574. The number of rotatable bonds is 3. The van der Waals surface area contributed by atoms with Crippen LogP contribution in [0.25, 0.3) is 0 Å². The van der Waals surface area contributed by atoms with Crippen LogP contribution in [-0.4, -0.2) is 25.8 Å². The van der Waals surface area contributed by atoms with E-state index in [-0.39, 0.29) is 0 Å². The van der Waals surface area contributed by atoms with Crippen molar-refractivity contribution in [2.75, 3.05) is 13.2 Å². The van der Waals surface area contributed by atoms with Gasteiger partial charge in [0.2, 0.25) is 0 Å². The van der Waals surface area contributed by atoms with Crippen LogP contribution in [0.5, 0.6) is 0 Å². The van der Waals surface area contributed by atoms with E-state index in [2.05, 4.69) is 20.5 Å². The van der Waals surface area contributed by atoms with E-state index in [0.29, 0.717) is 12.0 Å². The van der Waals surface area contributed by atoms with Gasteiger partial charge < -0.3 is 14.2 Å². The van der Waals surface area contributed by atoms with E-state index in [9.17, 15) is 0 Å². The molecule has 1 aliphatic heterocycles. The monoisotopic (exact) mass is 324 g/mol. The molecule has 0 radical (unpaired) electrons. The molecule has 132 valence electrons. The number of ether oxygens (including phenoxy) is 3. The van der Waals surface area contributed by atoms with Gasteiger partial charge in [-0.25, -0.2) is 0 Å². The first-order chi connectivity index (χ1) is 11.2. The van der Waals surface area contributed by atoms with E-state index in [4.69, 9.17) is 18.9 Å². The van der Waals surface area contributed by atoms with Crippen molar-refractivity contribution in [2.45, 2.75) is 77.8 Å². The Balaban J connectivity index is 0.000000924. The molecule has 1 heterocycles. The minimum atomic E-state index is -0.401. The van der Waals surface area contributed by atoms with Gasteiger partial charge in [-0.3, -0.25) is 0 Å². The fourth-order valence-corrected chi connectivity index (χ4v) is 4.13. The van der Waals surface area contributed by atoms with Gasteiger partial charge in [-0.2, -0.15) is 0 Å². The molecule has 0 aromatic carbocycles. The third kappa shape index (κ3) is 5.88. The fourth-order valence-electron chi connectivity index (χ4n) is 4.13. The Hall–Kier alpha value is -0.380. The molecule has 0 spiro atoms. The van der Waals surface area contributed by atoms with Crippen molar-refractivity contribution in [3.63, 3.8) is 0 Å². The number of hydrogen-bond acceptors (Lipinski definition) is 3. The Labute approximate surface area is 141 Å². The van der Waals surface area contributed by atoms with Crippen LogP contribution < -0.4 is 0 Å².